The highest BCUT2D eigenvalue weighted by atomic mass is 35.5. The number of sulfonamides is 1. The predicted molar refractivity (Wildman–Crippen MR) is 116 cm³/mol. The number of sulfone groups is 1. The Morgan fingerprint density at radius 1 is 1.03 bits per heavy atom. The van der Waals surface area contributed by atoms with Gasteiger partial charge in [0.2, 0.25) is 10.0 Å². The van der Waals surface area contributed by atoms with Crippen LogP contribution in [-0.2, 0) is 19.9 Å². The van der Waals surface area contributed by atoms with Gasteiger partial charge in [-0.25, -0.2) is 21.6 Å². The first-order valence-electron chi connectivity index (χ1n) is 9.57. The van der Waals surface area contributed by atoms with Gasteiger partial charge < -0.3 is 9.64 Å². The van der Waals surface area contributed by atoms with E-state index in [0.717, 1.165) is 0 Å². The van der Waals surface area contributed by atoms with Gasteiger partial charge in [0.05, 0.1) is 22.7 Å². The molecule has 1 aliphatic rings. The summed E-state index contributed by atoms with van der Waals surface area (Å²) >= 11 is 5.82. The Morgan fingerprint density at radius 2 is 1.70 bits per heavy atom. The largest absolute Gasteiger partial charge is 0.497 e. The predicted octanol–water partition coefficient (Wildman–Crippen LogP) is 2.57. The fourth-order valence-electron chi connectivity index (χ4n) is 3.34. The lowest BCUT2D eigenvalue weighted by atomic mass is 10.1. The molecule has 1 aliphatic heterocycles. The molecule has 164 valence electrons. The average Bonchev–Trinajstić information content (AvgIpc) is 2.73. The fourth-order valence-corrected chi connectivity index (χ4v) is 6.08. The van der Waals surface area contributed by atoms with Crippen molar-refractivity contribution in [3.05, 3.63) is 53.6 Å². The van der Waals surface area contributed by atoms with Crippen molar-refractivity contribution in [2.24, 2.45) is 0 Å². The second-order valence-electron chi connectivity index (χ2n) is 7.19. The third kappa shape index (κ3) is 5.95. The molecule has 7 nitrogen and oxygen atoms in total. The lowest BCUT2D eigenvalue weighted by Gasteiger charge is -2.32. The Morgan fingerprint density at radius 3 is 2.33 bits per heavy atom. The van der Waals surface area contributed by atoms with E-state index in [-0.39, 0.29) is 21.6 Å². The van der Waals surface area contributed by atoms with Crippen LogP contribution in [0, 0.1) is 0 Å². The van der Waals surface area contributed by atoms with Crippen molar-refractivity contribution in [1.82, 2.24) is 9.62 Å². The molecule has 1 saturated heterocycles. The smallest absolute Gasteiger partial charge is 0.240 e. The molecule has 0 unspecified atom stereocenters. The highest BCUT2D eigenvalue weighted by Gasteiger charge is 2.25. The quantitative estimate of drug-likeness (QED) is 0.634. The molecule has 10 heteroatoms. The van der Waals surface area contributed by atoms with Crippen LogP contribution >= 0.6 is 11.6 Å². The van der Waals surface area contributed by atoms with Crippen LogP contribution in [0.5, 0.6) is 5.75 Å². The van der Waals surface area contributed by atoms with E-state index in [2.05, 4.69) is 4.72 Å². The van der Waals surface area contributed by atoms with Crippen molar-refractivity contribution in [3.63, 3.8) is 0 Å². The Bertz CT molecular complexity index is 1060. The first-order chi connectivity index (χ1) is 14.2. The van der Waals surface area contributed by atoms with E-state index < -0.39 is 19.9 Å². The summed E-state index contributed by atoms with van der Waals surface area (Å²) in [7, 11) is -5.53. The molecule has 0 spiro atoms. The van der Waals surface area contributed by atoms with Crippen LogP contribution < -0.4 is 9.46 Å². The monoisotopic (exact) mass is 472 g/mol. The molecule has 0 atom stereocenters. The van der Waals surface area contributed by atoms with Gasteiger partial charge in [0.1, 0.15) is 5.75 Å². The number of halogens is 1. The molecule has 0 aliphatic carbocycles. The van der Waals surface area contributed by atoms with Crippen LogP contribution in [0.3, 0.4) is 0 Å². The molecule has 0 radical (unpaired) electrons. The number of methoxy groups -OCH3 is 1. The van der Waals surface area contributed by atoms with E-state index in [1.54, 1.807) is 30.3 Å². The summed E-state index contributed by atoms with van der Waals surface area (Å²) in [6.45, 7) is 1.65. The van der Waals surface area contributed by atoms with Crippen molar-refractivity contribution in [1.29, 1.82) is 0 Å². The first kappa shape index (κ1) is 23.0. The van der Waals surface area contributed by atoms with Gasteiger partial charge in [-0.15, -0.1) is 0 Å². The normalized spacial score (nSPS) is 16.5. The minimum absolute atomic E-state index is 0.00133. The number of nitrogens with zero attached hydrogens (tertiary/aromatic N) is 1. The lowest BCUT2D eigenvalue weighted by molar-refractivity contribution is 0.217. The van der Waals surface area contributed by atoms with Crippen LogP contribution in [0.15, 0.2) is 58.3 Å². The summed E-state index contributed by atoms with van der Waals surface area (Å²) in [5.41, 5.74) is 0. The molecule has 30 heavy (non-hydrogen) atoms. The van der Waals surface area contributed by atoms with Crippen molar-refractivity contribution >= 4 is 31.5 Å². The van der Waals surface area contributed by atoms with Gasteiger partial charge in [0.15, 0.2) is 9.84 Å². The summed E-state index contributed by atoms with van der Waals surface area (Å²) in [4.78, 5) is 2.47. The Balaban J connectivity index is 1.51. The minimum atomic E-state index is -3.61. The maximum atomic E-state index is 12.6. The Kier molecular flexibility index (Phi) is 7.41. The average molecular weight is 473 g/mol. The molecule has 1 N–H and O–H groups in total. The SMILES string of the molecule is COc1cccc(S(=O)(=O)CCN2CCC(NS(=O)(=O)c3ccc(Cl)cc3)CC2)c1. The number of ether oxygens (including phenoxy) is 1. The van der Waals surface area contributed by atoms with E-state index >= 15 is 0 Å². The van der Waals surface area contributed by atoms with Gasteiger partial charge >= 0.3 is 0 Å². The third-order valence-electron chi connectivity index (χ3n) is 5.11. The number of nitrogens with one attached hydrogen (secondary N) is 1. The first-order valence-corrected chi connectivity index (χ1v) is 13.1. The van der Waals surface area contributed by atoms with Crippen LogP contribution in [0.25, 0.3) is 0 Å². The summed E-state index contributed by atoms with van der Waals surface area (Å²) in [6, 6.07) is 12.3. The van der Waals surface area contributed by atoms with Gasteiger partial charge in [0.25, 0.3) is 0 Å². The van der Waals surface area contributed by atoms with E-state index in [4.69, 9.17) is 16.3 Å². The zero-order valence-corrected chi connectivity index (χ0v) is 19.0. The van der Waals surface area contributed by atoms with E-state index in [0.29, 0.717) is 43.2 Å². The number of likely N-dealkylation sites (tertiary alicyclic amines) is 1. The maximum Gasteiger partial charge on any atom is 0.240 e. The molecule has 1 heterocycles. The molecule has 1 fully saturated rings. The molecule has 0 bridgehead atoms. The second kappa shape index (κ2) is 9.65. The molecule has 2 aromatic carbocycles. The summed E-state index contributed by atoms with van der Waals surface area (Å²) in [6.07, 6.45) is 1.23. The number of hydrogen-bond donors (Lipinski definition) is 1. The Hall–Kier alpha value is -1.65. The number of rotatable bonds is 8. The van der Waals surface area contributed by atoms with Crippen molar-refractivity contribution in [3.8, 4) is 5.75 Å². The molecule has 0 saturated carbocycles. The van der Waals surface area contributed by atoms with Crippen molar-refractivity contribution in [2.75, 3.05) is 32.5 Å². The number of benzene rings is 2. The van der Waals surface area contributed by atoms with Crippen LogP contribution in [0.2, 0.25) is 5.02 Å². The van der Waals surface area contributed by atoms with Crippen molar-refractivity contribution in [2.45, 2.75) is 28.7 Å². The zero-order chi connectivity index (χ0) is 21.8. The van der Waals surface area contributed by atoms with E-state index in [9.17, 15) is 16.8 Å². The van der Waals surface area contributed by atoms with E-state index in [1.165, 1.54) is 25.3 Å². The number of piperidine rings is 1. The van der Waals surface area contributed by atoms with Crippen molar-refractivity contribution < 1.29 is 21.6 Å². The minimum Gasteiger partial charge on any atom is -0.497 e. The van der Waals surface area contributed by atoms with E-state index in [1.807, 2.05) is 4.90 Å². The summed E-state index contributed by atoms with van der Waals surface area (Å²) in [5, 5.41) is 0.478. The molecule has 3 rings (SSSR count). The lowest BCUT2D eigenvalue weighted by Crippen LogP contribution is -2.45. The topological polar surface area (TPSA) is 92.8 Å². The van der Waals surface area contributed by atoms with Gasteiger partial charge in [-0.05, 0) is 68.4 Å². The summed E-state index contributed by atoms with van der Waals surface area (Å²) in [5.74, 6) is 0.506. The Labute approximate surface area is 183 Å². The van der Waals surface area contributed by atoms with Gasteiger partial charge in [-0.3, -0.25) is 0 Å². The van der Waals surface area contributed by atoms with Gasteiger partial charge in [0, 0.05) is 17.6 Å². The van der Waals surface area contributed by atoms with Crippen LogP contribution in [-0.4, -0.2) is 60.3 Å². The molecular weight excluding hydrogens is 448 g/mol. The fraction of sp³-hybridized carbons (Fsp3) is 0.400. The zero-order valence-electron chi connectivity index (χ0n) is 16.6. The molecule has 0 amide bonds. The highest BCUT2D eigenvalue weighted by Crippen LogP contribution is 2.20. The maximum absolute atomic E-state index is 12.6. The van der Waals surface area contributed by atoms with Crippen LogP contribution in [0.1, 0.15) is 12.8 Å². The van der Waals surface area contributed by atoms with Crippen LogP contribution in [0.4, 0.5) is 0 Å². The van der Waals surface area contributed by atoms with Gasteiger partial charge in [-0.2, -0.15) is 0 Å². The number of hydrogen-bond acceptors (Lipinski definition) is 6. The second-order valence-corrected chi connectivity index (χ2v) is 11.4. The molecular formula is C20H25ClN2O5S2. The standard InChI is InChI=1S/C20H25ClN2O5S2/c1-28-18-3-2-4-20(15-18)29(24,25)14-13-23-11-9-17(10-12-23)22-30(26,27)19-7-5-16(21)6-8-19/h2-8,15,17,22H,9-14H2,1H3. The molecule has 2 aromatic rings. The highest BCUT2D eigenvalue weighted by molar-refractivity contribution is 7.91. The molecule has 0 aromatic heterocycles. The summed E-state index contributed by atoms with van der Waals surface area (Å²) < 4.78 is 58.0. The van der Waals surface area contributed by atoms with Gasteiger partial charge in [-0.1, -0.05) is 17.7 Å². The third-order valence-corrected chi connectivity index (χ3v) is 8.59.